The molecule has 0 saturated heterocycles. The monoisotopic (exact) mass is 467 g/mol. The number of amides is 3. The van der Waals surface area contributed by atoms with Gasteiger partial charge < -0.3 is 16.0 Å². The second kappa shape index (κ2) is 10.1. The summed E-state index contributed by atoms with van der Waals surface area (Å²) >= 11 is 0. The second-order valence-corrected chi connectivity index (χ2v) is 8.19. The molecule has 9 nitrogen and oxygen atoms in total. The van der Waals surface area contributed by atoms with E-state index in [0.717, 1.165) is 22.5 Å². The molecule has 0 bridgehead atoms. The Balaban J connectivity index is 1.41. The van der Waals surface area contributed by atoms with Crippen molar-refractivity contribution in [2.45, 2.75) is 33.6 Å². The SMILES string of the molecule is Cc1ccc(NC(=O)Nc2ccccc2)cc1NC(=O)CCc1c(C)nc2c(C#N)cnn2c1C. The maximum Gasteiger partial charge on any atom is 0.323 e. The zero-order valence-corrected chi connectivity index (χ0v) is 19.7. The number of hydrogen-bond acceptors (Lipinski definition) is 5. The number of aryl methyl sites for hydroxylation is 3. The summed E-state index contributed by atoms with van der Waals surface area (Å²) in [6.45, 7) is 5.66. The van der Waals surface area contributed by atoms with E-state index in [2.05, 4.69) is 32.1 Å². The molecule has 0 unspecified atom stereocenters. The summed E-state index contributed by atoms with van der Waals surface area (Å²) in [5, 5.41) is 22.0. The lowest BCUT2D eigenvalue weighted by Gasteiger charge is -2.13. The largest absolute Gasteiger partial charge is 0.326 e. The van der Waals surface area contributed by atoms with E-state index in [1.807, 2.05) is 45.0 Å². The summed E-state index contributed by atoms with van der Waals surface area (Å²) in [7, 11) is 0. The average molecular weight is 468 g/mol. The molecular weight excluding hydrogens is 442 g/mol. The van der Waals surface area contributed by atoms with Gasteiger partial charge >= 0.3 is 6.03 Å². The number of carbonyl (C=O) groups is 2. The molecule has 35 heavy (non-hydrogen) atoms. The van der Waals surface area contributed by atoms with Crippen molar-refractivity contribution in [1.29, 1.82) is 5.26 Å². The van der Waals surface area contributed by atoms with E-state index in [-0.39, 0.29) is 18.4 Å². The Morgan fingerprint density at radius 1 is 1.00 bits per heavy atom. The molecule has 2 aromatic carbocycles. The summed E-state index contributed by atoms with van der Waals surface area (Å²) in [6, 6.07) is 16.2. The van der Waals surface area contributed by atoms with Gasteiger partial charge in [-0.05, 0) is 62.6 Å². The smallest absolute Gasteiger partial charge is 0.323 e. The molecule has 4 rings (SSSR count). The highest BCUT2D eigenvalue weighted by atomic mass is 16.2. The predicted octanol–water partition coefficient (Wildman–Crippen LogP) is 4.74. The van der Waals surface area contributed by atoms with Crippen LogP contribution in [0.5, 0.6) is 0 Å². The first-order chi connectivity index (χ1) is 16.9. The highest BCUT2D eigenvalue weighted by molar-refractivity contribution is 6.00. The number of carbonyl (C=O) groups excluding carboxylic acids is 2. The van der Waals surface area contributed by atoms with Crippen molar-refractivity contribution in [3.8, 4) is 6.07 Å². The van der Waals surface area contributed by atoms with Gasteiger partial charge in [-0.3, -0.25) is 4.79 Å². The van der Waals surface area contributed by atoms with E-state index >= 15 is 0 Å². The van der Waals surface area contributed by atoms with Crippen LogP contribution < -0.4 is 16.0 Å². The molecule has 3 N–H and O–H groups in total. The van der Waals surface area contributed by atoms with Crippen molar-refractivity contribution in [1.82, 2.24) is 14.6 Å². The van der Waals surface area contributed by atoms with Gasteiger partial charge in [-0.2, -0.15) is 10.4 Å². The van der Waals surface area contributed by atoms with Crippen LogP contribution in [0, 0.1) is 32.1 Å². The van der Waals surface area contributed by atoms with Gasteiger partial charge in [-0.1, -0.05) is 24.3 Å². The van der Waals surface area contributed by atoms with Crippen LogP contribution >= 0.6 is 0 Å². The van der Waals surface area contributed by atoms with Crippen molar-refractivity contribution in [2.75, 3.05) is 16.0 Å². The fraction of sp³-hybridized carbons (Fsp3) is 0.192. The van der Waals surface area contributed by atoms with Gasteiger partial charge in [0.05, 0.1) is 6.20 Å². The Bertz CT molecular complexity index is 1450. The number of nitriles is 1. The van der Waals surface area contributed by atoms with Crippen LogP contribution in [-0.4, -0.2) is 26.5 Å². The summed E-state index contributed by atoms with van der Waals surface area (Å²) in [4.78, 5) is 29.6. The van der Waals surface area contributed by atoms with Crippen molar-refractivity contribution in [3.05, 3.63) is 82.8 Å². The topological polar surface area (TPSA) is 124 Å². The lowest BCUT2D eigenvalue weighted by Crippen LogP contribution is -2.20. The highest BCUT2D eigenvalue weighted by Crippen LogP contribution is 2.22. The molecule has 2 heterocycles. The quantitative estimate of drug-likeness (QED) is 0.378. The molecule has 0 fully saturated rings. The molecule has 0 radical (unpaired) electrons. The van der Waals surface area contributed by atoms with E-state index in [9.17, 15) is 14.9 Å². The number of aromatic nitrogens is 3. The van der Waals surface area contributed by atoms with E-state index in [4.69, 9.17) is 0 Å². The Labute approximate surface area is 202 Å². The molecule has 0 spiro atoms. The average Bonchev–Trinajstić information content (AvgIpc) is 3.24. The molecule has 0 aliphatic rings. The van der Waals surface area contributed by atoms with Crippen LogP contribution in [0.15, 0.2) is 54.7 Å². The molecular formula is C26H25N7O2. The van der Waals surface area contributed by atoms with Gasteiger partial charge in [0, 0.05) is 34.9 Å². The number of nitrogens with one attached hydrogen (secondary N) is 3. The van der Waals surface area contributed by atoms with Gasteiger partial charge in [0.2, 0.25) is 5.91 Å². The fourth-order valence-corrected chi connectivity index (χ4v) is 3.85. The highest BCUT2D eigenvalue weighted by Gasteiger charge is 2.15. The normalized spacial score (nSPS) is 10.6. The summed E-state index contributed by atoms with van der Waals surface area (Å²) < 4.78 is 1.64. The Kier molecular flexibility index (Phi) is 6.73. The number of fused-ring (bicyclic) bond motifs is 1. The minimum atomic E-state index is -0.371. The zero-order valence-electron chi connectivity index (χ0n) is 19.7. The second-order valence-electron chi connectivity index (χ2n) is 8.19. The summed E-state index contributed by atoms with van der Waals surface area (Å²) in [5.74, 6) is -0.156. The molecule has 176 valence electrons. The number of urea groups is 1. The number of para-hydroxylation sites is 1. The molecule has 0 aliphatic heterocycles. The van der Waals surface area contributed by atoms with E-state index in [1.54, 1.807) is 28.8 Å². The molecule has 2 aromatic heterocycles. The van der Waals surface area contributed by atoms with Crippen molar-refractivity contribution in [2.24, 2.45) is 0 Å². The predicted molar refractivity (Wildman–Crippen MR) is 134 cm³/mol. The lowest BCUT2D eigenvalue weighted by molar-refractivity contribution is -0.116. The number of nitrogens with zero attached hydrogens (tertiary/aromatic N) is 4. The van der Waals surface area contributed by atoms with Crippen molar-refractivity contribution >= 4 is 34.6 Å². The first-order valence-corrected chi connectivity index (χ1v) is 11.1. The maximum atomic E-state index is 12.8. The zero-order chi connectivity index (χ0) is 24.9. The Hall–Kier alpha value is -4.71. The number of hydrogen-bond donors (Lipinski definition) is 3. The first kappa shape index (κ1) is 23.4. The van der Waals surface area contributed by atoms with E-state index < -0.39 is 0 Å². The summed E-state index contributed by atoms with van der Waals surface area (Å²) in [6.07, 6.45) is 2.21. The Morgan fingerprint density at radius 2 is 1.74 bits per heavy atom. The van der Waals surface area contributed by atoms with Crippen LogP contribution in [0.1, 0.15) is 34.5 Å². The van der Waals surface area contributed by atoms with Gasteiger partial charge in [-0.15, -0.1) is 0 Å². The fourth-order valence-electron chi connectivity index (χ4n) is 3.85. The van der Waals surface area contributed by atoms with Gasteiger partial charge in [0.1, 0.15) is 11.6 Å². The van der Waals surface area contributed by atoms with Crippen LogP contribution in [0.2, 0.25) is 0 Å². The molecule has 9 heteroatoms. The summed E-state index contributed by atoms with van der Waals surface area (Å²) in [5.41, 5.74) is 6.23. The van der Waals surface area contributed by atoms with E-state index in [1.165, 1.54) is 6.20 Å². The maximum absolute atomic E-state index is 12.8. The van der Waals surface area contributed by atoms with Crippen molar-refractivity contribution < 1.29 is 9.59 Å². The third kappa shape index (κ3) is 5.28. The third-order valence-electron chi connectivity index (χ3n) is 5.73. The first-order valence-electron chi connectivity index (χ1n) is 11.1. The molecule has 0 saturated carbocycles. The van der Waals surface area contributed by atoms with Gasteiger partial charge in [-0.25, -0.2) is 14.3 Å². The lowest BCUT2D eigenvalue weighted by atomic mass is 10.1. The standard InChI is InChI=1S/C26H25N7O2/c1-16-9-10-21(31-26(35)30-20-7-5-4-6-8-20)13-23(16)32-24(34)12-11-22-17(2)29-25-19(14-27)15-28-33(25)18(22)3/h4-10,13,15H,11-12H2,1-3H3,(H,32,34)(H2,30,31,35). The number of benzene rings is 2. The molecule has 3 amide bonds. The van der Waals surface area contributed by atoms with Crippen LogP contribution in [0.3, 0.4) is 0 Å². The molecule has 0 atom stereocenters. The van der Waals surface area contributed by atoms with Crippen molar-refractivity contribution in [3.63, 3.8) is 0 Å². The van der Waals surface area contributed by atoms with Gasteiger partial charge in [0.15, 0.2) is 5.65 Å². The number of rotatable bonds is 6. The Morgan fingerprint density at radius 3 is 2.49 bits per heavy atom. The third-order valence-corrected chi connectivity index (χ3v) is 5.73. The molecule has 0 aliphatic carbocycles. The van der Waals surface area contributed by atoms with Crippen LogP contribution in [0.4, 0.5) is 21.9 Å². The molecule has 4 aromatic rings. The van der Waals surface area contributed by atoms with Gasteiger partial charge in [0.25, 0.3) is 0 Å². The van der Waals surface area contributed by atoms with Crippen LogP contribution in [0.25, 0.3) is 5.65 Å². The minimum absolute atomic E-state index is 0.156. The van der Waals surface area contributed by atoms with E-state index in [0.29, 0.717) is 34.7 Å². The number of anilines is 3. The minimum Gasteiger partial charge on any atom is -0.326 e. The van der Waals surface area contributed by atoms with Crippen LogP contribution in [-0.2, 0) is 11.2 Å².